The van der Waals surface area contributed by atoms with Crippen LogP contribution in [0.2, 0.25) is 0 Å². The summed E-state index contributed by atoms with van der Waals surface area (Å²) in [5, 5.41) is 3.13. The van der Waals surface area contributed by atoms with E-state index in [9.17, 15) is 13.2 Å². The van der Waals surface area contributed by atoms with Gasteiger partial charge in [-0.05, 0) is 47.0 Å². The van der Waals surface area contributed by atoms with E-state index in [-0.39, 0.29) is 0 Å². The first-order chi connectivity index (χ1) is 9.97. The van der Waals surface area contributed by atoms with Crippen LogP contribution < -0.4 is 5.32 Å². The first-order valence-corrected chi connectivity index (χ1v) is 7.32. The Hall–Kier alpha value is -1.50. The van der Waals surface area contributed by atoms with E-state index in [1.165, 1.54) is 6.07 Å². The molecular formula is C14H15BrF3N3. The van der Waals surface area contributed by atoms with Crippen molar-refractivity contribution < 1.29 is 13.2 Å². The average Bonchev–Trinajstić information content (AvgIpc) is 2.92. The number of nitrogens with one attached hydrogen (secondary N) is 1. The van der Waals surface area contributed by atoms with Gasteiger partial charge in [0.1, 0.15) is 0 Å². The fourth-order valence-corrected chi connectivity index (χ4v) is 2.42. The maximum Gasteiger partial charge on any atom is 0.416 e. The lowest BCUT2D eigenvalue weighted by molar-refractivity contribution is -0.137. The van der Waals surface area contributed by atoms with Crippen molar-refractivity contribution in [2.24, 2.45) is 0 Å². The van der Waals surface area contributed by atoms with Crippen molar-refractivity contribution in [3.8, 4) is 0 Å². The first-order valence-electron chi connectivity index (χ1n) is 6.53. The minimum Gasteiger partial charge on any atom is -0.384 e. The molecule has 2 rings (SSSR count). The van der Waals surface area contributed by atoms with Crippen LogP contribution in [0, 0.1) is 0 Å². The van der Waals surface area contributed by atoms with Gasteiger partial charge in [-0.1, -0.05) is 0 Å². The first kappa shape index (κ1) is 15.9. The number of halogens is 4. The molecule has 0 bridgehead atoms. The van der Waals surface area contributed by atoms with E-state index in [0.717, 1.165) is 31.5 Å². The average molecular weight is 362 g/mol. The van der Waals surface area contributed by atoms with E-state index in [4.69, 9.17) is 0 Å². The van der Waals surface area contributed by atoms with Crippen molar-refractivity contribution in [1.82, 2.24) is 9.55 Å². The van der Waals surface area contributed by atoms with Crippen LogP contribution in [0.5, 0.6) is 0 Å². The fourth-order valence-electron chi connectivity index (χ4n) is 1.90. The van der Waals surface area contributed by atoms with Gasteiger partial charge in [0.2, 0.25) is 0 Å². The molecule has 0 fully saturated rings. The highest BCUT2D eigenvalue weighted by Crippen LogP contribution is 2.33. The van der Waals surface area contributed by atoms with Crippen LogP contribution in [-0.2, 0) is 12.7 Å². The van der Waals surface area contributed by atoms with E-state index in [0.29, 0.717) is 16.7 Å². The van der Waals surface area contributed by atoms with Crippen LogP contribution >= 0.6 is 15.9 Å². The van der Waals surface area contributed by atoms with Crippen LogP contribution in [-0.4, -0.2) is 16.1 Å². The molecule has 0 amide bonds. The lowest BCUT2D eigenvalue weighted by atomic mass is 10.2. The molecule has 0 atom stereocenters. The van der Waals surface area contributed by atoms with Gasteiger partial charge in [-0.15, -0.1) is 0 Å². The summed E-state index contributed by atoms with van der Waals surface area (Å²) in [5.74, 6) is 0. The van der Waals surface area contributed by atoms with Gasteiger partial charge in [-0.2, -0.15) is 13.2 Å². The van der Waals surface area contributed by atoms with Gasteiger partial charge in [-0.3, -0.25) is 0 Å². The molecule has 1 aromatic carbocycles. The Morgan fingerprint density at radius 2 is 2.05 bits per heavy atom. The summed E-state index contributed by atoms with van der Waals surface area (Å²) in [6, 6.07) is 3.62. The van der Waals surface area contributed by atoms with Crippen LogP contribution in [0.3, 0.4) is 0 Å². The Labute approximate surface area is 129 Å². The van der Waals surface area contributed by atoms with Gasteiger partial charge < -0.3 is 9.88 Å². The molecule has 0 saturated carbocycles. The monoisotopic (exact) mass is 361 g/mol. The molecule has 21 heavy (non-hydrogen) atoms. The molecular weight excluding hydrogens is 347 g/mol. The Morgan fingerprint density at radius 1 is 1.24 bits per heavy atom. The van der Waals surface area contributed by atoms with Gasteiger partial charge >= 0.3 is 6.18 Å². The number of benzene rings is 1. The van der Waals surface area contributed by atoms with Gasteiger partial charge in [0.15, 0.2) is 0 Å². The highest BCUT2D eigenvalue weighted by atomic mass is 79.9. The summed E-state index contributed by atoms with van der Waals surface area (Å²) >= 11 is 3.17. The lowest BCUT2D eigenvalue weighted by Gasteiger charge is -2.12. The molecule has 2 aromatic rings. The smallest absolute Gasteiger partial charge is 0.384 e. The molecule has 0 saturated heterocycles. The number of unbranched alkanes of at least 4 members (excludes halogenated alkanes) is 1. The summed E-state index contributed by atoms with van der Waals surface area (Å²) in [6.45, 7) is 1.59. The maximum atomic E-state index is 12.5. The number of hydrogen-bond donors (Lipinski definition) is 1. The molecule has 1 N–H and O–H groups in total. The lowest BCUT2D eigenvalue weighted by Crippen LogP contribution is -2.07. The van der Waals surface area contributed by atoms with Gasteiger partial charge in [0.05, 0.1) is 11.9 Å². The predicted octanol–water partition coefficient (Wildman–Crippen LogP) is 4.56. The minimum atomic E-state index is -4.31. The van der Waals surface area contributed by atoms with Crippen molar-refractivity contribution in [2.45, 2.75) is 25.6 Å². The van der Waals surface area contributed by atoms with Crippen molar-refractivity contribution in [2.75, 3.05) is 11.9 Å². The third-order valence-corrected chi connectivity index (χ3v) is 3.67. The van der Waals surface area contributed by atoms with Crippen molar-refractivity contribution >= 4 is 21.6 Å². The van der Waals surface area contributed by atoms with Gasteiger partial charge in [0, 0.05) is 35.6 Å². The summed E-state index contributed by atoms with van der Waals surface area (Å²) in [5.41, 5.74) is 0.0191. The van der Waals surface area contributed by atoms with E-state index < -0.39 is 11.7 Å². The molecule has 1 heterocycles. The highest BCUT2D eigenvalue weighted by Gasteiger charge is 2.30. The van der Waals surface area contributed by atoms with Crippen LogP contribution in [0.1, 0.15) is 18.4 Å². The number of imidazole rings is 1. The van der Waals surface area contributed by atoms with Crippen molar-refractivity contribution in [3.05, 3.63) is 47.0 Å². The summed E-state index contributed by atoms with van der Waals surface area (Å²) in [6.07, 6.45) is 2.98. The number of anilines is 1. The number of rotatable bonds is 6. The highest BCUT2D eigenvalue weighted by molar-refractivity contribution is 9.10. The maximum absolute atomic E-state index is 12.5. The van der Waals surface area contributed by atoms with Crippen LogP contribution in [0.25, 0.3) is 0 Å². The predicted molar refractivity (Wildman–Crippen MR) is 79.1 cm³/mol. The molecule has 114 valence electrons. The Balaban J connectivity index is 1.78. The SMILES string of the molecule is FC(F)(F)c1ccc(NCCCCn2ccnc2)c(Br)c1. The summed E-state index contributed by atoms with van der Waals surface area (Å²) in [7, 11) is 0. The van der Waals surface area contributed by atoms with E-state index in [1.807, 2.05) is 10.8 Å². The summed E-state index contributed by atoms with van der Waals surface area (Å²) in [4.78, 5) is 3.96. The molecule has 0 unspecified atom stereocenters. The molecule has 0 aliphatic heterocycles. The van der Waals surface area contributed by atoms with Crippen LogP contribution in [0.15, 0.2) is 41.4 Å². The van der Waals surface area contributed by atoms with Gasteiger partial charge in [-0.25, -0.2) is 4.98 Å². The number of aromatic nitrogens is 2. The molecule has 0 aliphatic carbocycles. The summed E-state index contributed by atoms with van der Waals surface area (Å²) < 4.78 is 40.0. The van der Waals surface area contributed by atoms with E-state index >= 15 is 0 Å². The second-order valence-corrected chi connectivity index (χ2v) is 5.48. The molecule has 1 aromatic heterocycles. The Morgan fingerprint density at radius 3 is 2.67 bits per heavy atom. The number of alkyl halides is 3. The van der Waals surface area contributed by atoms with E-state index in [1.54, 1.807) is 12.5 Å². The third kappa shape index (κ3) is 4.77. The second kappa shape index (κ2) is 6.98. The number of nitrogens with zero attached hydrogens (tertiary/aromatic N) is 2. The minimum absolute atomic E-state index is 0.423. The molecule has 3 nitrogen and oxygen atoms in total. The van der Waals surface area contributed by atoms with Crippen molar-refractivity contribution in [3.63, 3.8) is 0 Å². The van der Waals surface area contributed by atoms with Crippen LogP contribution in [0.4, 0.5) is 18.9 Å². The van der Waals surface area contributed by atoms with Gasteiger partial charge in [0.25, 0.3) is 0 Å². The zero-order valence-corrected chi connectivity index (χ0v) is 12.8. The number of aryl methyl sites for hydroxylation is 1. The normalized spacial score (nSPS) is 11.6. The van der Waals surface area contributed by atoms with Crippen molar-refractivity contribution in [1.29, 1.82) is 0 Å². The topological polar surface area (TPSA) is 29.9 Å². The third-order valence-electron chi connectivity index (χ3n) is 3.01. The zero-order valence-electron chi connectivity index (χ0n) is 11.2. The largest absolute Gasteiger partial charge is 0.416 e. The zero-order chi connectivity index (χ0) is 15.3. The quantitative estimate of drug-likeness (QED) is 0.764. The number of hydrogen-bond acceptors (Lipinski definition) is 2. The Kier molecular flexibility index (Phi) is 5.27. The second-order valence-electron chi connectivity index (χ2n) is 4.63. The molecule has 7 heteroatoms. The Bertz CT molecular complexity index is 567. The van der Waals surface area contributed by atoms with E-state index in [2.05, 4.69) is 26.2 Å². The fraction of sp³-hybridized carbons (Fsp3) is 0.357. The molecule has 0 spiro atoms. The molecule has 0 radical (unpaired) electrons. The molecule has 0 aliphatic rings. The standard InChI is InChI=1S/C14H15BrF3N3/c15-12-9-11(14(16,17)18)3-4-13(12)20-5-1-2-7-21-8-6-19-10-21/h3-4,6,8-10,20H,1-2,5,7H2.